The molecule has 3 rings (SSSR count). The van der Waals surface area contributed by atoms with Crippen LogP contribution in [0.3, 0.4) is 0 Å². The van der Waals surface area contributed by atoms with E-state index in [0.29, 0.717) is 22.3 Å². The highest BCUT2D eigenvalue weighted by molar-refractivity contribution is 6.40. The molecule has 1 N–H and O–H groups in total. The lowest BCUT2D eigenvalue weighted by molar-refractivity contribution is -0.170. The number of hydrogen-bond acceptors (Lipinski definition) is 5. The summed E-state index contributed by atoms with van der Waals surface area (Å²) in [5.41, 5.74) is 1.88. The second-order valence-electron chi connectivity index (χ2n) is 6.39. The number of nitrogens with one attached hydrogen (secondary N) is 1. The number of para-hydroxylation sites is 1. The first-order valence-corrected chi connectivity index (χ1v) is 9.66. The maximum Gasteiger partial charge on any atom is 0.283 e. The fraction of sp³-hybridized carbons (Fsp3) is 0.190. The largest absolute Gasteiger partial charge is 0.483 e. The smallest absolute Gasteiger partial charge is 0.283 e. The van der Waals surface area contributed by atoms with Crippen molar-refractivity contribution < 1.29 is 19.2 Å². The molecule has 2 amide bonds. The van der Waals surface area contributed by atoms with E-state index in [1.165, 1.54) is 14.2 Å². The quantitative estimate of drug-likeness (QED) is 0.562. The standard InChI is InChI=1S/C21H19Cl2N3O4/c1-12-10-24-19-13(20(12)30-11-17(27)26(2)29-3)6-4-9-16(19)25-21(28)18-14(22)7-5-8-15(18)23/h4-10H,11H2,1-3H3,(H,25,28). The maximum absolute atomic E-state index is 12.8. The second kappa shape index (κ2) is 9.30. The number of benzene rings is 2. The Morgan fingerprint density at radius 1 is 1.13 bits per heavy atom. The van der Waals surface area contributed by atoms with Gasteiger partial charge in [0.05, 0.1) is 33.9 Å². The number of amides is 2. The molecular weight excluding hydrogens is 429 g/mol. The first-order chi connectivity index (χ1) is 14.3. The minimum Gasteiger partial charge on any atom is -0.483 e. The van der Waals surface area contributed by atoms with Gasteiger partial charge < -0.3 is 10.1 Å². The SMILES string of the molecule is CON(C)C(=O)COc1c(C)cnc2c(NC(=O)c3c(Cl)cccc3Cl)cccc12. The van der Waals surface area contributed by atoms with Crippen molar-refractivity contribution in [3.63, 3.8) is 0 Å². The summed E-state index contributed by atoms with van der Waals surface area (Å²) in [6, 6.07) is 10.1. The molecule has 1 aromatic heterocycles. The average Bonchev–Trinajstić information content (AvgIpc) is 2.72. The van der Waals surface area contributed by atoms with Crippen molar-refractivity contribution in [3.05, 3.63) is 63.8 Å². The summed E-state index contributed by atoms with van der Waals surface area (Å²) < 4.78 is 5.75. The lowest BCUT2D eigenvalue weighted by atomic mass is 10.1. The Balaban J connectivity index is 1.94. The Labute approximate surface area is 183 Å². The molecule has 156 valence electrons. The van der Waals surface area contributed by atoms with Crippen LogP contribution in [0.15, 0.2) is 42.6 Å². The highest BCUT2D eigenvalue weighted by atomic mass is 35.5. The minimum atomic E-state index is -0.458. The van der Waals surface area contributed by atoms with Crippen LogP contribution in [0.4, 0.5) is 5.69 Å². The van der Waals surface area contributed by atoms with Crippen LogP contribution in [-0.4, -0.2) is 42.6 Å². The van der Waals surface area contributed by atoms with E-state index >= 15 is 0 Å². The molecule has 2 aromatic carbocycles. The summed E-state index contributed by atoms with van der Waals surface area (Å²) in [6.45, 7) is 1.61. The topological polar surface area (TPSA) is 80.8 Å². The van der Waals surface area contributed by atoms with Gasteiger partial charge in [0.25, 0.3) is 11.8 Å². The van der Waals surface area contributed by atoms with Crippen molar-refractivity contribution in [2.75, 3.05) is 26.1 Å². The van der Waals surface area contributed by atoms with Gasteiger partial charge in [-0.2, -0.15) is 0 Å². The molecular formula is C21H19Cl2N3O4. The third-order valence-corrected chi connectivity index (χ3v) is 5.06. The Morgan fingerprint density at radius 2 is 1.80 bits per heavy atom. The van der Waals surface area contributed by atoms with Gasteiger partial charge in [-0.1, -0.05) is 35.3 Å². The molecule has 0 aliphatic carbocycles. The molecule has 0 radical (unpaired) electrons. The monoisotopic (exact) mass is 447 g/mol. The number of fused-ring (bicyclic) bond motifs is 1. The first kappa shape index (κ1) is 21.8. The highest BCUT2D eigenvalue weighted by Gasteiger charge is 2.18. The van der Waals surface area contributed by atoms with Crippen molar-refractivity contribution in [1.29, 1.82) is 0 Å². The van der Waals surface area contributed by atoms with Gasteiger partial charge in [0.1, 0.15) is 5.75 Å². The molecule has 0 aliphatic rings. The van der Waals surface area contributed by atoms with Crippen LogP contribution in [0.5, 0.6) is 5.75 Å². The van der Waals surface area contributed by atoms with Crippen LogP contribution < -0.4 is 10.1 Å². The zero-order valence-electron chi connectivity index (χ0n) is 16.5. The van der Waals surface area contributed by atoms with E-state index in [-0.39, 0.29) is 28.1 Å². The number of anilines is 1. The zero-order valence-corrected chi connectivity index (χ0v) is 18.0. The van der Waals surface area contributed by atoms with Crippen LogP contribution in [-0.2, 0) is 9.63 Å². The molecule has 7 nitrogen and oxygen atoms in total. The van der Waals surface area contributed by atoms with E-state index in [0.717, 1.165) is 10.6 Å². The van der Waals surface area contributed by atoms with Crippen molar-refractivity contribution in [2.45, 2.75) is 6.92 Å². The van der Waals surface area contributed by atoms with Gasteiger partial charge in [0.15, 0.2) is 6.61 Å². The van der Waals surface area contributed by atoms with Crippen LogP contribution in [0.1, 0.15) is 15.9 Å². The molecule has 0 fully saturated rings. The second-order valence-corrected chi connectivity index (χ2v) is 7.20. The van der Waals surface area contributed by atoms with Crippen molar-refractivity contribution in [2.24, 2.45) is 0 Å². The van der Waals surface area contributed by atoms with Gasteiger partial charge >= 0.3 is 0 Å². The number of carbonyl (C=O) groups is 2. The van der Waals surface area contributed by atoms with Crippen molar-refractivity contribution >= 4 is 51.6 Å². The predicted molar refractivity (Wildman–Crippen MR) is 116 cm³/mol. The van der Waals surface area contributed by atoms with E-state index in [4.69, 9.17) is 32.8 Å². The van der Waals surface area contributed by atoms with Gasteiger partial charge in [0.2, 0.25) is 0 Å². The van der Waals surface area contributed by atoms with Gasteiger partial charge in [0, 0.05) is 24.2 Å². The molecule has 0 aliphatic heterocycles. The summed E-state index contributed by atoms with van der Waals surface area (Å²) in [6.07, 6.45) is 1.61. The van der Waals surface area contributed by atoms with E-state index in [1.54, 1.807) is 42.6 Å². The lowest BCUT2D eigenvalue weighted by Crippen LogP contribution is -2.30. The van der Waals surface area contributed by atoms with Crippen LogP contribution in [0.25, 0.3) is 10.9 Å². The molecule has 1 heterocycles. The Bertz CT molecular complexity index is 1100. The van der Waals surface area contributed by atoms with E-state index in [9.17, 15) is 9.59 Å². The first-order valence-electron chi connectivity index (χ1n) is 8.90. The summed E-state index contributed by atoms with van der Waals surface area (Å²) in [5.74, 6) is -0.316. The summed E-state index contributed by atoms with van der Waals surface area (Å²) in [5, 5.41) is 5.01. The number of halogens is 2. The number of aromatic nitrogens is 1. The maximum atomic E-state index is 12.8. The number of carbonyl (C=O) groups excluding carboxylic acids is 2. The molecule has 0 unspecified atom stereocenters. The third kappa shape index (κ3) is 4.48. The molecule has 3 aromatic rings. The van der Waals surface area contributed by atoms with Crippen molar-refractivity contribution in [3.8, 4) is 5.75 Å². The number of nitrogens with zero attached hydrogens (tertiary/aromatic N) is 2. The number of aryl methyl sites for hydroxylation is 1. The number of hydroxylamine groups is 2. The van der Waals surface area contributed by atoms with Gasteiger partial charge in [-0.3, -0.25) is 19.4 Å². The fourth-order valence-electron chi connectivity index (χ4n) is 2.82. The van der Waals surface area contributed by atoms with Crippen molar-refractivity contribution in [1.82, 2.24) is 10.0 Å². The van der Waals surface area contributed by atoms with E-state index in [2.05, 4.69) is 10.3 Å². The molecule has 0 saturated carbocycles. The van der Waals surface area contributed by atoms with E-state index in [1.807, 2.05) is 6.92 Å². The van der Waals surface area contributed by atoms with Crippen LogP contribution in [0, 0.1) is 6.92 Å². The van der Waals surface area contributed by atoms with Crippen LogP contribution in [0.2, 0.25) is 10.0 Å². The molecule has 0 bridgehead atoms. The fourth-order valence-corrected chi connectivity index (χ4v) is 3.39. The van der Waals surface area contributed by atoms with E-state index < -0.39 is 5.91 Å². The molecule has 0 spiro atoms. The molecule has 0 saturated heterocycles. The summed E-state index contributed by atoms with van der Waals surface area (Å²) in [7, 11) is 2.89. The number of rotatable bonds is 6. The molecule has 9 heteroatoms. The third-order valence-electron chi connectivity index (χ3n) is 4.43. The number of likely N-dealkylation sites (N-methyl/N-ethyl adjacent to an activating group) is 1. The predicted octanol–water partition coefficient (Wildman–Crippen LogP) is 4.50. The Morgan fingerprint density at radius 3 is 2.47 bits per heavy atom. The summed E-state index contributed by atoms with van der Waals surface area (Å²) >= 11 is 12.3. The average molecular weight is 448 g/mol. The number of ether oxygens (including phenoxy) is 1. The minimum absolute atomic E-state index is 0.176. The molecule has 0 atom stereocenters. The Kier molecular flexibility index (Phi) is 6.77. The van der Waals surface area contributed by atoms with Gasteiger partial charge in [-0.05, 0) is 31.2 Å². The van der Waals surface area contributed by atoms with Gasteiger partial charge in [-0.25, -0.2) is 5.06 Å². The number of pyridine rings is 1. The zero-order chi connectivity index (χ0) is 21.8. The Hall–Kier alpha value is -2.87. The normalized spacial score (nSPS) is 10.7. The van der Waals surface area contributed by atoms with Crippen LogP contribution >= 0.6 is 23.2 Å². The number of hydrogen-bond donors (Lipinski definition) is 1. The summed E-state index contributed by atoms with van der Waals surface area (Å²) in [4.78, 5) is 34.1. The highest BCUT2D eigenvalue weighted by Crippen LogP contribution is 2.33. The molecule has 30 heavy (non-hydrogen) atoms. The van der Waals surface area contributed by atoms with Gasteiger partial charge in [-0.15, -0.1) is 0 Å². The lowest BCUT2D eigenvalue weighted by Gasteiger charge is -2.17.